The Morgan fingerprint density at radius 1 is 1.40 bits per heavy atom. The van der Waals surface area contributed by atoms with Crippen molar-refractivity contribution in [3.8, 4) is 0 Å². The maximum atomic E-state index is 5.75. The number of thioether (sulfide) groups is 1. The molecule has 2 N–H and O–H groups in total. The topological polar surface area (TPSA) is 26.0 Å². The molecule has 0 saturated carbocycles. The average Bonchev–Trinajstić information content (AvgIpc) is 1.98. The monoisotopic (exact) mass is 161 g/mol. The maximum Gasteiger partial charge on any atom is 0.00362 e. The summed E-state index contributed by atoms with van der Waals surface area (Å²) in [6.45, 7) is 2.15. The first-order valence-electron chi connectivity index (χ1n) is 4.05. The van der Waals surface area contributed by atoms with Gasteiger partial charge in [0.2, 0.25) is 0 Å². The van der Waals surface area contributed by atoms with E-state index < -0.39 is 0 Å². The quantitative estimate of drug-likeness (QED) is 0.605. The van der Waals surface area contributed by atoms with Gasteiger partial charge in [-0.3, -0.25) is 0 Å². The summed E-state index contributed by atoms with van der Waals surface area (Å²) in [6.07, 6.45) is 7.11. The summed E-state index contributed by atoms with van der Waals surface area (Å²) < 4.78 is 0. The predicted molar refractivity (Wildman–Crippen MR) is 50.5 cm³/mol. The van der Waals surface area contributed by atoms with E-state index in [1.54, 1.807) is 0 Å². The standard InChI is InChI=1S/C8H19NS/c1-3-8(9)6-4-5-7-10-2/h8H,3-7,9H2,1-2H3. The second kappa shape index (κ2) is 7.42. The molecule has 0 aliphatic heterocycles. The Hall–Kier alpha value is 0.310. The van der Waals surface area contributed by atoms with Crippen LogP contribution in [0.2, 0.25) is 0 Å². The number of rotatable bonds is 6. The molecule has 0 aliphatic rings. The van der Waals surface area contributed by atoms with Crippen LogP contribution in [0.15, 0.2) is 0 Å². The molecule has 0 amide bonds. The normalized spacial score (nSPS) is 13.5. The second-order valence-electron chi connectivity index (χ2n) is 2.66. The third kappa shape index (κ3) is 6.43. The lowest BCUT2D eigenvalue weighted by molar-refractivity contribution is 0.564. The highest BCUT2D eigenvalue weighted by molar-refractivity contribution is 7.98. The van der Waals surface area contributed by atoms with Crippen molar-refractivity contribution in [2.75, 3.05) is 12.0 Å². The molecule has 0 aromatic rings. The van der Waals surface area contributed by atoms with E-state index in [0.29, 0.717) is 6.04 Å². The van der Waals surface area contributed by atoms with Crippen LogP contribution >= 0.6 is 11.8 Å². The van der Waals surface area contributed by atoms with Crippen molar-refractivity contribution < 1.29 is 0 Å². The summed E-state index contributed by atoms with van der Waals surface area (Å²) in [7, 11) is 0. The lowest BCUT2D eigenvalue weighted by Gasteiger charge is -2.06. The zero-order chi connectivity index (χ0) is 7.82. The molecule has 0 aromatic heterocycles. The highest BCUT2D eigenvalue weighted by atomic mass is 32.2. The van der Waals surface area contributed by atoms with Crippen LogP contribution in [-0.4, -0.2) is 18.1 Å². The molecule has 0 bridgehead atoms. The van der Waals surface area contributed by atoms with Crippen molar-refractivity contribution in [3.63, 3.8) is 0 Å². The van der Waals surface area contributed by atoms with Crippen LogP contribution in [0.1, 0.15) is 32.6 Å². The van der Waals surface area contributed by atoms with Crippen LogP contribution in [0.5, 0.6) is 0 Å². The number of hydrogen-bond donors (Lipinski definition) is 1. The van der Waals surface area contributed by atoms with E-state index in [-0.39, 0.29) is 0 Å². The zero-order valence-corrected chi connectivity index (χ0v) is 7.91. The fourth-order valence-corrected chi connectivity index (χ4v) is 1.35. The van der Waals surface area contributed by atoms with Gasteiger partial charge < -0.3 is 5.73 Å². The molecule has 0 rings (SSSR count). The third-order valence-electron chi connectivity index (χ3n) is 1.70. The fourth-order valence-electron chi connectivity index (χ4n) is 0.857. The molecule has 1 atom stereocenters. The van der Waals surface area contributed by atoms with Gasteiger partial charge in [0.25, 0.3) is 0 Å². The van der Waals surface area contributed by atoms with E-state index >= 15 is 0 Å². The van der Waals surface area contributed by atoms with E-state index in [0.717, 1.165) is 6.42 Å². The Bertz CT molecular complexity index is 66.3. The molecule has 1 unspecified atom stereocenters. The van der Waals surface area contributed by atoms with Gasteiger partial charge in [0.05, 0.1) is 0 Å². The first kappa shape index (κ1) is 10.3. The summed E-state index contributed by atoms with van der Waals surface area (Å²) in [5.41, 5.74) is 5.75. The molecule has 0 radical (unpaired) electrons. The predicted octanol–water partition coefficient (Wildman–Crippen LogP) is 2.26. The van der Waals surface area contributed by atoms with Gasteiger partial charge in [-0.25, -0.2) is 0 Å². The summed E-state index contributed by atoms with van der Waals surface area (Å²) in [5, 5.41) is 0. The van der Waals surface area contributed by atoms with Gasteiger partial charge in [0.1, 0.15) is 0 Å². The Balaban J connectivity index is 2.89. The molecule has 0 fully saturated rings. The minimum Gasteiger partial charge on any atom is -0.328 e. The van der Waals surface area contributed by atoms with Crippen molar-refractivity contribution in [1.82, 2.24) is 0 Å². The van der Waals surface area contributed by atoms with Gasteiger partial charge in [-0.15, -0.1) is 0 Å². The second-order valence-corrected chi connectivity index (χ2v) is 3.64. The number of nitrogens with two attached hydrogens (primary N) is 1. The van der Waals surface area contributed by atoms with Gasteiger partial charge in [-0.1, -0.05) is 13.3 Å². The zero-order valence-electron chi connectivity index (χ0n) is 7.10. The minimum atomic E-state index is 0.446. The average molecular weight is 161 g/mol. The summed E-state index contributed by atoms with van der Waals surface area (Å²) >= 11 is 1.92. The number of hydrogen-bond acceptors (Lipinski definition) is 2. The van der Waals surface area contributed by atoms with E-state index in [9.17, 15) is 0 Å². The van der Waals surface area contributed by atoms with Gasteiger partial charge in [0, 0.05) is 6.04 Å². The van der Waals surface area contributed by atoms with E-state index in [1.165, 1.54) is 25.0 Å². The summed E-state index contributed by atoms with van der Waals surface area (Å²) in [6, 6.07) is 0.446. The smallest absolute Gasteiger partial charge is 0.00362 e. The van der Waals surface area contributed by atoms with E-state index in [1.807, 2.05) is 11.8 Å². The Kier molecular flexibility index (Phi) is 7.65. The summed E-state index contributed by atoms with van der Waals surface area (Å²) in [5.74, 6) is 1.29. The van der Waals surface area contributed by atoms with Gasteiger partial charge >= 0.3 is 0 Å². The Labute approximate surface area is 68.8 Å². The summed E-state index contributed by atoms with van der Waals surface area (Å²) in [4.78, 5) is 0. The molecule has 0 spiro atoms. The largest absolute Gasteiger partial charge is 0.328 e. The highest BCUT2D eigenvalue weighted by Gasteiger charge is 1.96. The molecule has 0 saturated heterocycles. The molecular weight excluding hydrogens is 142 g/mol. The van der Waals surface area contributed by atoms with Crippen LogP contribution in [0.25, 0.3) is 0 Å². The molecule has 1 nitrogen and oxygen atoms in total. The van der Waals surface area contributed by atoms with Gasteiger partial charge in [-0.05, 0) is 31.3 Å². The molecule has 2 heteroatoms. The SMILES string of the molecule is CCC(N)CCCCSC. The highest BCUT2D eigenvalue weighted by Crippen LogP contribution is 2.05. The first-order chi connectivity index (χ1) is 4.81. The maximum absolute atomic E-state index is 5.75. The lowest BCUT2D eigenvalue weighted by Crippen LogP contribution is -2.17. The van der Waals surface area contributed by atoms with Crippen LogP contribution in [-0.2, 0) is 0 Å². The molecule has 62 valence electrons. The lowest BCUT2D eigenvalue weighted by atomic mass is 10.1. The van der Waals surface area contributed by atoms with E-state index in [2.05, 4.69) is 13.2 Å². The Morgan fingerprint density at radius 3 is 2.60 bits per heavy atom. The molecule has 0 heterocycles. The van der Waals surface area contributed by atoms with Crippen molar-refractivity contribution in [2.24, 2.45) is 5.73 Å². The minimum absolute atomic E-state index is 0.446. The van der Waals surface area contributed by atoms with Crippen LogP contribution in [0.3, 0.4) is 0 Å². The fraction of sp³-hybridized carbons (Fsp3) is 1.00. The Morgan fingerprint density at radius 2 is 2.10 bits per heavy atom. The van der Waals surface area contributed by atoms with Crippen molar-refractivity contribution in [2.45, 2.75) is 38.6 Å². The molecule has 10 heavy (non-hydrogen) atoms. The molecule has 0 aromatic carbocycles. The van der Waals surface area contributed by atoms with Gasteiger partial charge in [0.15, 0.2) is 0 Å². The number of unbranched alkanes of at least 4 members (excludes halogenated alkanes) is 1. The third-order valence-corrected chi connectivity index (χ3v) is 2.39. The van der Waals surface area contributed by atoms with Crippen molar-refractivity contribution in [1.29, 1.82) is 0 Å². The van der Waals surface area contributed by atoms with Crippen LogP contribution in [0, 0.1) is 0 Å². The molecule has 0 aliphatic carbocycles. The van der Waals surface area contributed by atoms with E-state index in [4.69, 9.17) is 5.73 Å². The van der Waals surface area contributed by atoms with Gasteiger partial charge in [-0.2, -0.15) is 11.8 Å². The first-order valence-corrected chi connectivity index (χ1v) is 5.45. The molecular formula is C8H19NS. The van der Waals surface area contributed by atoms with Crippen LogP contribution in [0.4, 0.5) is 0 Å². The van der Waals surface area contributed by atoms with Crippen molar-refractivity contribution in [3.05, 3.63) is 0 Å². The van der Waals surface area contributed by atoms with Crippen molar-refractivity contribution >= 4 is 11.8 Å². The van der Waals surface area contributed by atoms with Crippen LogP contribution < -0.4 is 5.73 Å².